The summed E-state index contributed by atoms with van der Waals surface area (Å²) in [5.74, 6) is -0.840. The lowest BCUT2D eigenvalue weighted by atomic mass is 10.1. The molecule has 0 radical (unpaired) electrons. The van der Waals surface area contributed by atoms with Crippen LogP contribution in [-0.2, 0) is 14.9 Å². The fourth-order valence-corrected chi connectivity index (χ4v) is 4.10. The van der Waals surface area contributed by atoms with Crippen molar-refractivity contribution in [3.8, 4) is 17.6 Å². The molecule has 3 aromatic rings. The Morgan fingerprint density at radius 3 is 2.29 bits per heavy atom. The van der Waals surface area contributed by atoms with E-state index in [4.69, 9.17) is 8.92 Å². The van der Waals surface area contributed by atoms with Crippen molar-refractivity contribution in [2.45, 2.75) is 11.8 Å². The zero-order valence-electron chi connectivity index (χ0n) is 19.8. The van der Waals surface area contributed by atoms with Gasteiger partial charge in [-0.2, -0.15) is 13.7 Å². The first-order chi connectivity index (χ1) is 17.9. The van der Waals surface area contributed by atoms with E-state index in [9.17, 15) is 38.7 Å². The van der Waals surface area contributed by atoms with Gasteiger partial charge in [0.1, 0.15) is 28.0 Å². The summed E-state index contributed by atoms with van der Waals surface area (Å²) in [4.78, 5) is 33.0. The number of methoxy groups -OCH3 is 1. The van der Waals surface area contributed by atoms with Crippen LogP contribution < -0.4 is 14.2 Å². The molecule has 3 rings (SSSR count). The molecule has 0 bridgehead atoms. The number of carbonyl (C=O) groups is 1. The lowest BCUT2D eigenvalue weighted by Crippen LogP contribution is -2.14. The second-order valence-electron chi connectivity index (χ2n) is 7.58. The third-order valence-electron chi connectivity index (χ3n) is 5.07. The Morgan fingerprint density at radius 2 is 1.71 bits per heavy atom. The minimum Gasteiger partial charge on any atom is -0.495 e. The summed E-state index contributed by atoms with van der Waals surface area (Å²) in [5.41, 5.74) is -0.427. The van der Waals surface area contributed by atoms with E-state index in [1.165, 1.54) is 68.6 Å². The Bertz CT molecular complexity index is 1610. The summed E-state index contributed by atoms with van der Waals surface area (Å²) in [5, 5.41) is 34.0. The van der Waals surface area contributed by atoms with Crippen molar-refractivity contribution in [3.63, 3.8) is 0 Å². The number of rotatable bonds is 9. The van der Waals surface area contributed by atoms with Gasteiger partial charge in [0.05, 0.1) is 22.6 Å². The highest BCUT2D eigenvalue weighted by atomic mass is 32.2. The summed E-state index contributed by atoms with van der Waals surface area (Å²) in [7, 11) is -3.08. The summed E-state index contributed by atoms with van der Waals surface area (Å²) in [6.07, 6.45) is 1.21. The average molecular weight is 538 g/mol. The van der Waals surface area contributed by atoms with Crippen molar-refractivity contribution in [1.29, 1.82) is 5.26 Å². The highest BCUT2D eigenvalue weighted by molar-refractivity contribution is 7.87. The maximum atomic E-state index is 12.6. The molecule has 0 saturated heterocycles. The van der Waals surface area contributed by atoms with Crippen molar-refractivity contribution in [1.82, 2.24) is 0 Å². The van der Waals surface area contributed by atoms with E-state index in [1.807, 2.05) is 0 Å². The molecule has 0 fully saturated rings. The summed E-state index contributed by atoms with van der Waals surface area (Å²) in [6.45, 7) is 1.47. The largest absolute Gasteiger partial charge is 0.495 e. The fourth-order valence-electron chi connectivity index (χ4n) is 3.15. The highest BCUT2D eigenvalue weighted by Gasteiger charge is 2.22. The lowest BCUT2D eigenvalue weighted by molar-refractivity contribution is -0.385. The van der Waals surface area contributed by atoms with Gasteiger partial charge < -0.3 is 14.2 Å². The first-order valence-corrected chi connectivity index (χ1v) is 11.9. The zero-order chi connectivity index (χ0) is 28.0. The summed E-state index contributed by atoms with van der Waals surface area (Å²) >= 11 is 0. The quantitative estimate of drug-likeness (QED) is 0.136. The van der Waals surface area contributed by atoms with Gasteiger partial charge in [0.15, 0.2) is 0 Å². The monoisotopic (exact) mass is 538 g/mol. The number of amides is 1. The van der Waals surface area contributed by atoms with Gasteiger partial charge in [0.2, 0.25) is 0 Å². The van der Waals surface area contributed by atoms with Crippen molar-refractivity contribution in [3.05, 3.63) is 97.6 Å². The van der Waals surface area contributed by atoms with Crippen molar-refractivity contribution in [2.75, 3.05) is 12.4 Å². The van der Waals surface area contributed by atoms with Crippen LogP contribution >= 0.6 is 0 Å². The molecule has 13 nitrogen and oxygen atoms in total. The summed E-state index contributed by atoms with van der Waals surface area (Å²) in [6, 6.07) is 14.0. The predicted octanol–water partition coefficient (Wildman–Crippen LogP) is 4.13. The Labute approximate surface area is 216 Å². The van der Waals surface area contributed by atoms with E-state index >= 15 is 0 Å². The van der Waals surface area contributed by atoms with Crippen LogP contribution in [0, 0.1) is 38.5 Å². The third kappa shape index (κ3) is 6.28. The van der Waals surface area contributed by atoms with Gasteiger partial charge in [-0.1, -0.05) is 18.2 Å². The molecule has 194 valence electrons. The standard InChI is InChI=1S/C24H18N4O9S/c1-15-3-9-20(13-22(15)28(32)33)38(34,35)37-19-7-4-16(5-8-19)11-17(14-25)24(29)26-21-12-18(27(30)31)6-10-23(21)36-2/h3-13H,1-2H3,(H,26,29)/b17-11+. The number of non-ortho nitro benzene ring substituents is 1. The molecule has 0 spiro atoms. The minimum atomic E-state index is -4.39. The van der Waals surface area contributed by atoms with Gasteiger partial charge >= 0.3 is 10.1 Å². The normalized spacial score (nSPS) is 11.2. The third-order valence-corrected chi connectivity index (χ3v) is 6.31. The molecule has 38 heavy (non-hydrogen) atoms. The molecule has 0 aliphatic heterocycles. The van der Waals surface area contributed by atoms with Crippen LogP contribution in [0.5, 0.6) is 11.5 Å². The number of ether oxygens (including phenoxy) is 1. The van der Waals surface area contributed by atoms with Gasteiger partial charge in [-0.25, -0.2) is 0 Å². The first-order valence-electron chi connectivity index (χ1n) is 10.5. The molecule has 0 aromatic heterocycles. The number of benzene rings is 3. The summed E-state index contributed by atoms with van der Waals surface area (Å²) < 4.78 is 35.3. The Morgan fingerprint density at radius 1 is 1.03 bits per heavy atom. The van der Waals surface area contributed by atoms with Gasteiger partial charge in [0.25, 0.3) is 17.3 Å². The van der Waals surface area contributed by atoms with Crippen molar-refractivity contribution < 1.29 is 32.0 Å². The maximum absolute atomic E-state index is 12.6. The van der Waals surface area contributed by atoms with Crippen LogP contribution in [0.4, 0.5) is 17.1 Å². The molecule has 1 amide bonds. The maximum Gasteiger partial charge on any atom is 0.339 e. The fraction of sp³-hybridized carbons (Fsp3) is 0.0833. The van der Waals surface area contributed by atoms with Crippen LogP contribution in [0.1, 0.15) is 11.1 Å². The van der Waals surface area contributed by atoms with Gasteiger partial charge in [0, 0.05) is 23.8 Å². The Balaban J connectivity index is 1.80. The average Bonchev–Trinajstić information content (AvgIpc) is 2.87. The number of nitro groups is 2. The molecule has 0 aliphatic carbocycles. The van der Waals surface area contributed by atoms with E-state index < -0.39 is 30.8 Å². The van der Waals surface area contributed by atoms with E-state index in [0.717, 1.165) is 12.1 Å². The molecular weight excluding hydrogens is 520 g/mol. The number of hydrogen-bond donors (Lipinski definition) is 1. The number of nitrogens with zero attached hydrogens (tertiary/aromatic N) is 3. The molecule has 0 atom stereocenters. The number of nitro benzene ring substituents is 2. The Hall–Kier alpha value is -5.29. The SMILES string of the molecule is COc1ccc([N+](=O)[O-])cc1NC(=O)/C(C#N)=C/c1ccc(OS(=O)(=O)c2ccc(C)c([N+](=O)[O-])c2)cc1. The van der Waals surface area contributed by atoms with E-state index in [2.05, 4.69) is 5.32 Å². The topological polar surface area (TPSA) is 192 Å². The first kappa shape index (κ1) is 27.3. The zero-order valence-corrected chi connectivity index (χ0v) is 20.6. The molecule has 3 aromatic carbocycles. The molecule has 0 heterocycles. The van der Waals surface area contributed by atoms with Crippen LogP contribution in [0.25, 0.3) is 6.08 Å². The van der Waals surface area contributed by atoms with E-state index in [-0.39, 0.29) is 39.7 Å². The lowest BCUT2D eigenvalue weighted by Gasteiger charge is -2.10. The molecule has 0 unspecified atom stereocenters. The minimum absolute atomic E-state index is 0.0156. The molecule has 0 aliphatic rings. The highest BCUT2D eigenvalue weighted by Crippen LogP contribution is 2.29. The smallest absolute Gasteiger partial charge is 0.339 e. The predicted molar refractivity (Wildman–Crippen MR) is 134 cm³/mol. The van der Waals surface area contributed by atoms with Crippen molar-refractivity contribution >= 4 is 39.2 Å². The van der Waals surface area contributed by atoms with Crippen LogP contribution in [-0.4, -0.2) is 31.3 Å². The molecule has 1 N–H and O–H groups in total. The van der Waals surface area contributed by atoms with E-state index in [0.29, 0.717) is 5.56 Å². The number of anilines is 1. The number of hydrogen-bond acceptors (Lipinski definition) is 10. The van der Waals surface area contributed by atoms with Crippen LogP contribution in [0.3, 0.4) is 0 Å². The number of aryl methyl sites for hydroxylation is 1. The van der Waals surface area contributed by atoms with E-state index in [1.54, 1.807) is 6.07 Å². The van der Waals surface area contributed by atoms with Gasteiger partial charge in [-0.15, -0.1) is 0 Å². The number of carbonyl (C=O) groups excluding carboxylic acids is 1. The number of nitriles is 1. The second kappa shape index (κ2) is 11.2. The molecular formula is C24H18N4O9S. The molecule has 14 heteroatoms. The van der Waals surface area contributed by atoms with Gasteiger partial charge in [-0.05, 0) is 42.8 Å². The molecule has 0 saturated carbocycles. The Kier molecular flexibility index (Phi) is 8.04. The number of nitrogens with one attached hydrogen (secondary N) is 1. The van der Waals surface area contributed by atoms with Crippen molar-refractivity contribution in [2.24, 2.45) is 0 Å². The van der Waals surface area contributed by atoms with Crippen LogP contribution in [0.2, 0.25) is 0 Å². The second-order valence-corrected chi connectivity index (χ2v) is 9.12. The van der Waals surface area contributed by atoms with Crippen LogP contribution in [0.15, 0.2) is 71.1 Å². The van der Waals surface area contributed by atoms with Gasteiger partial charge in [-0.3, -0.25) is 25.0 Å².